The van der Waals surface area contributed by atoms with Crippen molar-refractivity contribution in [1.82, 2.24) is 19.8 Å². The second-order valence-electron chi connectivity index (χ2n) is 9.21. The third-order valence-electron chi connectivity index (χ3n) is 6.99. The SMILES string of the molecule is COC(=O)c1ncn2c1C(=O)N(Cc1ccc(OC)cc1OC)[C@@](C)(C(=O)NC1CCCCC1)C2. The first-order valence-corrected chi connectivity index (χ1v) is 11.8. The summed E-state index contributed by atoms with van der Waals surface area (Å²) in [4.78, 5) is 45.5. The van der Waals surface area contributed by atoms with Crippen molar-refractivity contribution >= 4 is 17.8 Å². The molecule has 1 N–H and O–H groups in total. The molecule has 2 aliphatic rings. The fraction of sp³-hybridized carbons (Fsp3) is 0.520. The Morgan fingerprint density at radius 1 is 1.14 bits per heavy atom. The minimum absolute atomic E-state index is 0.0704. The molecule has 4 rings (SSSR count). The van der Waals surface area contributed by atoms with E-state index in [0.717, 1.165) is 25.7 Å². The fourth-order valence-corrected chi connectivity index (χ4v) is 4.92. The van der Waals surface area contributed by atoms with Crippen LogP contribution in [0.2, 0.25) is 0 Å². The predicted molar refractivity (Wildman–Crippen MR) is 126 cm³/mol. The zero-order chi connectivity index (χ0) is 25.2. The van der Waals surface area contributed by atoms with Crippen LogP contribution < -0.4 is 14.8 Å². The summed E-state index contributed by atoms with van der Waals surface area (Å²) in [5, 5.41) is 3.17. The number of nitrogens with one attached hydrogen (secondary N) is 1. The Labute approximate surface area is 204 Å². The summed E-state index contributed by atoms with van der Waals surface area (Å²) in [5.74, 6) is -0.277. The molecule has 0 spiro atoms. The lowest BCUT2D eigenvalue weighted by atomic mass is 9.90. The van der Waals surface area contributed by atoms with E-state index in [1.165, 1.54) is 31.9 Å². The van der Waals surface area contributed by atoms with Crippen LogP contribution in [-0.2, 0) is 22.6 Å². The molecule has 1 aromatic carbocycles. The van der Waals surface area contributed by atoms with E-state index in [9.17, 15) is 14.4 Å². The second kappa shape index (κ2) is 9.97. The molecule has 2 heterocycles. The van der Waals surface area contributed by atoms with Crippen molar-refractivity contribution in [3.63, 3.8) is 0 Å². The van der Waals surface area contributed by atoms with Crippen molar-refractivity contribution in [2.75, 3.05) is 21.3 Å². The fourth-order valence-electron chi connectivity index (χ4n) is 4.92. The van der Waals surface area contributed by atoms with Gasteiger partial charge in [0.25, 0.3) is 5.91 Å². The van der Waals surface area contributed by atoms with Crippen LogP contribution in [0.1, 0.15) is 65.6 Å². The van der Waals surface area contributed by atoms with Crippen molar-refractivity contribution in [3.8, 4) is 11.5 Å². The summed E-state index contributed by atoms with van der Waals surface area (Å²) in [7, 11) is 4.34. The van der Waals surface area contributed by atoms with Crippen molar-refractivity contribution in [3.05, 3.63) is 41.5 Å². The molecular formula is C25H32N4O6. The lowest BCUT2D eigenvalue weighted by Crippen LogP contribution is -2.64. The van der Waals surface area contributed by atoms with Gasteiger partial charge in [0.2, 0.25) is 5.91 Å². The first-order chi connectivity index (χ1) is 16.8. The minimum atomic E-state index is -1.22. The van der Waals surface area contributed by atoms with Gasteiger partial charge in [-0.15, -0.1) is 0 Å². The number of nitrogens with zero attached hydrogens (tertiary/aromatic N) is 3. The van der Waals surface area contributed by atoms with Crippen molar-refractivity contribution < 1.29 is 28.6 Å². The van der Waals surface area contributed by atoms with E-state index in [-0.39, 0.29) is 36.4 Å². The Hall–Kier alpha value is -3.56. The van der Waals surface area contributed by atoms with Gasteiger partial charge in [-0.25, -0.2) is 9.78 Å². The molecule has 35 heavy (non-hydrogen) atoms. The third-order valence-corrected chi connectivity index (χ3v) is 6.99. The number of ether oxygens (including phenoxy) is 3. The van der Waals surface area contributed by atoms with Gasteiger partial charge >= 0.3 is 5.97 Å². The van der Waals surface area contributed by atoms with Crippen LogP contribution in [0.15, 0.2) is 24.5 Å². The zero-order valence-corrected chi connectivity index (χ0v) is 20.6. The number of aromatic nitrogens is 2. The van der Waals surface area contributed by atoms with Gasteiger partial charge in [0, 0.05) is 17.7 Å². The number of carbonyl (C=O) groups excluding carboxylic acids is 3. The van der Waals surface area contributed by atoms with Gasteiger partial charge in [0.1, 0.15) is 22.7 Å². The molecule has 1 aliphatic carbocycles. The molecule has 2 aromatic rings. The topological polar surface area (TPSA) is 112 Å². The third kappa shape index (κ3) is 4.56. The van der Waals surface area contributed by atoms with E-state index >= 15 is 0 Å². The highest BCUT2D eigenvalue weighted by molar-refractivity contribution is 6.06. The van der Waals surface area contributed by atoms with Crippen LogP contribution in [0.25, 0.3) is 0 Å². The van der Waals surface area contributed by atoms with Crippen molar-refractivity contribution in [2.24, 2.45) is 0 Å². The molecule has 1 aliphatic heterocycles. The average molecular weight is 485 g/mol. The van der Waals surface area contributed by atoms with Gasteiger partial charge in [-0.05, 0) is 31.9 Å². The van der Waals surface area contributed by atoms with Crippen LogP contribution in [0.3, 0.4) is 0 Å². The smallest absolute Gasteiger partial charge is 0.359 e. The number of benzene rings is 1. The summed E-state index contributed by atoms with van der Waals surface area (Å²) in [6, 6.07) is 5.39. The number of esters is 1. The number of hydrogen-bond acceptors (Lipinski definition) is 7. The number of fused-ring (bicyclic) bond motifs is 1. The Balaban J connectivity index is 1.74. The van der Waals surface area contributed by atoms with Gasteiger partial charge < -0.3 is 29.0 Å². The van der Waals surface area contributed by atoms with E-state index in [4.69, 9.17) is 14.2 Å². The van der Waals surface area contributed by atoms with E-state index < -0.39 is 17.4 Å². The lowest BCUT2D eigenvalue weighted by molar-refractivity contribution is -0.134. The monoisotopic (exact) mass is 484 g/mol. The highest BCUT2D eigenvalue weighted by Gasteiger charge is 2.49. The van der Waals surface area contributed by atoms with Crippen LogP contribution in [0.5, 0.6) is 11.5 Å². The molecule has 1 atom stereocenters. The Morgan fingerprint density at radius 2 is 1.89 bits per heavy atom. The molecule has 10 nitrogen and oxygen atoms in total. The van der Waals surface area contributed by atoms with E-state index in [1.54, 1.807) is 36.8 Å². The van der Waals surface area contributed by atoms with E-state index in [2.05, 4.69) is 10.3 Å². The first-order valence-electron chi connectivity index (χ1n) is 11.8. The average Bonchev–Trinajstić information content (AvgIpc) is 3.30. The van der Waals surface area contributed by atoms with Crippen molar-refractivity contribution in [2.45, 2.75) is 63.7 Å². The number of methoxy groups -OCH3 is 3. The molecule has 1 saturated carbocycles. The van der Waals surface area contributed by atoms with Gasteiger partial charge in [0.05, 0.1) is 40.7 Å². The number of hydrogen-bond donors (Lipinski definition) is 1. The van der Waals surface area contributed by atoms with Crippen LogP contribution >= 0.6 is 0 Å². The van der Waals surface area contributed by atoms with E-state index in [1.807, 2.05) is 0 Å². The molecule has 0 saturated heterocycles. The molecule has 0 radical (unpaired) electrons. The molecule has 1 fully saturated rings. The molecule has 0 bridgehead atoms. The lowest BCUT2D eigenvalue weighted by Gasteiger charge is -2.44. The van der Waals surface area contributed by atoms with Crippen LogP contribution in [0, 0.1) is 0 Å². The van der Waals surface area contributed by atoms with Gasteiger partial charge in [0.15, 0.2) is 5.69 Å². The predicted octanol–water partition coefficient (Wildman–Crippen LogP) is 2.55. The first kappa shape index (κ1) is 24.6. The molecule has 1 aromatic heterocycles. The summed E-state index contributed by atoms with van der Waals surface area (Å²) < 4.78 is 17.2. The van der Waals surface area contributed by atoms with E-state index in [0.29, 0.717) is 17.1 Å². The summed E-state index contributed by atoms with van der Waals surface area (Å²) in [6.07, 6.45) is 6.57. The van der Waals surface area contributed by atoms with Crippen LogP contribution in [0.4, 0.5) is 0 Å². The Bertz CT molecular complexity index is 1120. The van der Waals surface area contributed by atoms with Gasteiger partial charge in [-0.2, -0.15) is 0 Å². The highest BCUT2D eigenvalue weighted by Crippen LogP contribution is 2.34. The maximum absolute atomic E-state index is 13.9. The largest absolute Gasteiger partial charge is 0.497 e. The summed E-state index contributed by atoms with van der Waals surface area (Å²) in [5.41, 5.74) is -0.488. The summed E-state index contributed by atoms with van der Waals surface area (Å²) >= 11 is 0. The maximum Gasteiger partial charge on any atom is 0.359 e. The second-order valence-corrected chi connectivity index (χ2v) is 9.21. The molecule has 10 heteroatoms. The van der Waals surface area contributed by atoms with Gasteiger partial charge in [-0.3, -0.25) is 9.59 Å². The number of carbonyl (C=O) groups is 3. The Morgan fingerprint density at radius 3 is 2.54 bits per heavy atom. The number of rotatable bonds is 7. The highest BCUT2D eigenvalue weighted by atomic mass is 16.5. The molecule has 2 amide bonds. The van der Waals surface area contributed by atoms with Crippen molar-refractivity contribution in [1.29, 1.82) is 0 Å². The quantitative estimate of drug-likeness (QED) is 0.601. The Kier molecular flexibility index (Phi) is 7.00. The normalized spacial score (nSPS) is 20.2. The molecule has 188 valence electrons. The summed E-state index contributed by atoms with van der Waals surface area (Å²) in [6.45, 7) is 1.99. The molecular weight excluding hydrogens is 452 g/mol. The zero-order valence-electron chi connectivity index (χ0n) is 20.6. The maximum atomic E-state index is 13.9. The standard InChI is InChI=1S/C25H32N4O6/c1-25(24(32)27-17-8-6-5-7-9-17)14-28-15-26-20(23(31)35-4)21(28)22(30)29(25)13-16-10-11-18(33-2)12-19(16)34-3/h10-12,15,17H,5-9,13-14H2,1-4H3,(H,27,32)/t25-/m1/s1. The van der Waals surface area contributed by atoms with Gasteiger partial charge in [-0.1, -0.05) is 19.3 Å². The number of amides is 2. The number of imidazole rings is 1. The van der Waals surface area contributed by atoms with Crippen LogP contribution in [-0.4, -0.2) is 65.1 Å². The molecule has 0 unspecified atom stereocenters. The minimum Gasteiger partial charge on any atom is -0.497 e.